The van der Waals surface area contributed by atoms with Crippen LogP contribution < -0.4 is 11.1 Å². The van der Waals surface area contributed by atoms with Gasteiger partial charge in [0.25, 0.3) is 0 Å². The Morgan fingerprint density at radius 1 is 1.35 bits per heavy atom. The highest BCUT2D eigenvalue weighted by Gasteiger charge is 2.23. The number of hydrogen-bond acceptors (Lipinski definition) is 3. The van der Waals surface area contributed by atoms with E-state index in [4.69, 9.17) is 5.73 Å². The number of nitrogens with two attached hydrogens (primary N) is 1. The van der Waals surface area contributed by atoms with Crippen molar-refractivity contribution >= 4 is 41.3 Å². The summed E-state index contributed by atoms with van der Waals surface area (Å²) in [7, 11) is 0. The summed E-state index contributed by atoms with van der Waals surface area (Å²) in [6.45, 7) is 6.29. The molecule has 0 saturated carbocycles. The van der Waals surface area contributed by atoms with Gasteiger partial charge in [-0.25, -0.2) is 0 Å². The van der Waals surface area contributed by atoms with Crippen molar-refractivity contribution in [1.82, 2.24) is 10.2 Å². The van der Waals surface area contributed by atoms with Crippen LogP contribution in [0.1, 0.15) is 56.4 Å². The van der Waals surface area contributed by atoms with Crippen LogP contribution in [0.2, 0.25) is 0 Å². The Morgan fingerprint density at radius 2 is 2.13 bits per heavy atom. The minimum atomic E-state index is 0. The van der Waals surface area contributed by atoms with Gasteiger partial charge in [-0.1, -0.05) is 32.3 Å². The SMILES string of the molecule is CCCCCCNC(N)=NCC(c1cccs1)N1CCCC1.I. The molecule has 0 aromatic carbocycles. The van der Waals surface area contributed by atoms with E-state index in [0.717, 1.165) is 13.1 Å². The van der Waals surface area contributed by atoms with Crippen molar-refractivity contribution in [1.29, 1.82) is 0 Å². The van der Waals surface area contributed by atoms with E-state index in [1.54, 1.807) is 0 Å². The molecule has 4 nitrogen and oxygen atoms in total. The number of hydrogen-bond donors (Lipinski definition) is 2. The van der Waals surface area contributed by atoms with Gasteiger partial charge < -0.3 is 11.1 Å². The molecule has 1 aliphatic heterocycles. The van der Waals surface area contributed by atoms with E-state index in [1.165, 1.54) is 56.5 Å². The van der Waals surface area contributed by atoms with E-state index >= 15 is 0 Å². The summed E-state index contributed by atoms with van der Waals surface area (Å²) in [5, 5.41) is 5.40. The van der Waals surface area contributed by atoms with Crippen LogP contribution in [-0.4, -0.2) is 37.0 Å². The molecular weight excluding hydrogens is 419 g/mol. The lowest BCUT2D eigenvalue weighted by molar-refractivity contribution is 0.255. The van der Waals surface area contributed by atoms with E-state index < -0.39 is 0 Å². The molecule has 1 aromatic heterocycles. The number of aliphatic imine (C=N–C) groups is 1. The first-order chi connectivity index (χ1) is 10.8. The van der Waals surface area contributed by atoms with Crippen LogP contribution in [-0.2, 0) is 0 Å². The molecular formula is C17H31IN4S. The smallest absolute Gasteiger partial charge is 0.188 e. The fraction of sp³-hybridized carbons (Fsp3) is 0.706. The van der Waals surface area contributed by atoms with Crippen molar-refractivity contribution in [2.45, 2.75) is 51.5 Å². The number of unbranched alkanes of at least 4 members (excludes halogenated alkanes) is 3. The summed E-state index contributed by atoms with van der Waals surface area (Å²) < 4.78 is 0. The zero-order valence-electron chi connectivity index (χ0n) is 14.2. The first-order valence-electron chi connectivity index (χ1n) is 8.62. The number of guanidine groups is 1. The number of rotatable bonds is 9. The maximum Gasteiger partial charge on any atom is 0.188 e. The molecule has 3 N–H and O–H groups in total. The highest BCUT2D eigenvalue weighted by atomic mass is 127. The van der Waals surface area contributed by atoms with Crippen LogP contribution in [0.3, 0.4) is 0 Å². The molecule has 1 fully saturated rings. The van der Waals surface area contributed by atoms with Crippen molar-refractivity contribution in [3.8, 4) is 0 Å². The van der Waals surface area contributed by atoms with Gasteiger partial charge in [-0.2, -0.15) is 0 Å². The van der Waals surface area contributed by atoms with Crippen molar-refractivity contribution in [2.24, 2.45) is 10.7 Å². The Bertz CT molecular complexity index is 430. The molecule has 132 valence electrons. The predicted molar refractivity (Wildman–Crippen MR) is 112 cm³/mol. The van der Waals surface area contributed by atoms with Gasteiger partial charge in [0.2, 0.25) is 0 Å². The first-order valence-corrected chi connectivity index (χ1v) is 9.50. The van der Waals surface area contributed by atoms with E-state index in [1.807, 2.05) is 11.3 Å². The molecule has 2 heterocycles. The average molecular weight is 450 g/mol. The summed E-state index contributed by atoms with van der Waals surface area (Å²) in [5.74, 6) is 0.595. The highest BCUT2D eigenvalue weighted by molar-refractivity contribution is 14.0. The molecule has 0 spiro atoms. The van der Waals surface area contributed by atoms with E-state index in [0.29, 0.717) is 12.0 Å². The van der Waals surface area contributed by atoms with Gasteiger partial charge in [-0.3, -0.25) is 9.89 Å². The summed E-state index contributed by atoms with van der Waals surface area (Å²) >= 11 is 1.82. The molecule has 0 bridgehead atoms. The third kappa shape index (κ3) is 7.39. The average Bonchev–Trinajstić information content (AvgIpc) is 3.21. The fourth-order valence-corrected chi connectivity index (χ4v) is 3.78. The molecule has 6 heteroatoms. The van der Waals surface area contributed by atoms with Gasteiger partial charge in [-0.05, 0) is 43.8 Å². The minimum Gasteiger partial charge on any atom is -0.370 e. The van der Waals surface area contributed by atoms with Crippen LogP contribution in [0.5, 0.6) is 0 Å². The Balaban J connectivity index is 0.00000264. The number of likely N-dealkylation sites (tertiary alicyclic amines) is 1. The van der Waals surface area contributed by atoms with Crippen LogP contribution in [0, 0.1) is 0 Å². The second-order valence-corrected chi connectivity index (χ2v) is 6.97. The lowest BCUT2D eigenvalue weighted by Gasteiger charge is -2.25. The topological polar surface area (TPSA) is 53.6 Å². The van der Waals surface area contributed by atoms with Gasteiger partial charge in [0.05, 0.1) is 12.6 Å². The number of nitrogens with one attached hydrogen (secondary N) is 1. The third-order valence-corrected chi connectivity index (χ3v) is 5.20. The molecule has 1 saturated heterocycles. The predicted octanol–water partition coefficient (Wildman–Crippen LogP) is 3.99. The Labute approximate surface area is 161 Å². The van der Waals surface area contributed by atoms with Crippen molar-refractivity contribution < 1.29 is 0 Å². The van der Waals surface area contributed by atoms with Gasteiger partial charge in [-0.15, -0.1) is 35.3 Å². The fourth-order valence-electron chi connectivity index (χ4n) is 2.93. The van der Waals surface area contributed by atoms with Crippen molar-refractivity contribution in [3.63, 3.8) is 0 Å². The summed E-state index contributed by atoms with van der Waals surface area (Å²) in [5.41, 5.74) is 6.01. The van der Waals surface area contributed by atoms with Gasteiger partial charge in [0.15, 0.2) is 5.96 Å². The second-order valence-electron chi connectivity index (χ2n) is 5.99. The van der Waals surface area contributed by atoms with Crippen LogP contribution in [0.15, 0.2) is 22.5 Å². The summed E-state index contributed by atoms with van der Waals surface area (Å²) in [6, 6.07) is 4.74. The maximum absolute atomic E-state index is 6.01. The third-order valence-electron chi connectivity index (χ3n) is 4.22. The number of halogens is 1. The quantitative estimate of drug-likeness (QED) is 0.259. The number of nitrogens with zero attached hydrogens (tertiary/aromatic N) is 2. The largest absolute Gasteiger partial charge is 0.370 e. The summed E-state index contributed by atoms with van der Waals surface area (Å²) in [6.07, 6.45) is 7.61. The van der Waals surface area contributed by atoms with Gasteiger partial charge in [0.1, 0.15) is 0 Å². The highest BCUT2D eigenvalue weighted by Crippen LogP contribution is 2.28. The van der Waals surface area contributed by atoms with Gasteiger partial charge >= 0.3 is 0 Å². The first kappa shape index (κ1) is 20.7. The number of thiophene rings is 1. The molecule has 23 heavy (non-hydrogen) atoms. The lowest BCUT2D eigenvalue weighted by atomic mass is 10.2. The Morgan fingerprint density at radius 3 is 2.78 bits per heavy atom. The zero-order chi connectivity index (χ0) is 15.6. The van der Waals surface area contributed by atoms with Crippen LogP contribution in [0.25, 0.3) is 0 Å². The monoisotopic (exact) mass is 450 g/mol. The standard InChI is InChI=1S/C17H30N4S.HI/c1-2-3-4-5-10-19-17(18)20-14-15(16-9-8-13-22-16)21-11-6-7-12-21;/h8-9,13,15H,2-7,10-12,14H2,1H3,(H3,18,19,20);1H. The van der Waals surface area contributed by atoms with E-state index in [-0.39, 0.29) is 24.0 Å². The minimum absolute atomic E-state index is 0. The Hall–Kier alpha value is -0.340. The molecule has 1 unspecified atom stereocenters. The van der Waals surface area contributed by atoms with E-state index in [9.17, 15) is 0 Å². The van der Waals surface area contributed by atoms with Gasteiger partial charge in [0, 0.05) is 11.4 Å². The molecule has 1 aliphatic rings. The second kappa shape index (κ2) is 12.1. The van der Waals surface area contributed by atoms with Crippen LogP contribution >= 0.6 is 35.3 Å². The van der Waals surface area contributed by atoms with E-state index in [2.05, 4.69) is 39.6 Å². The molecule has 0 radical (unpaired) electrons. The zero-order valence-corrected chi connectivity index (χ0v) is 17.3. The molecule has 1 atom stereocenters. The maximum atomic E-state index is 6.01. The molecule has 2 rings (SSSR count). The normalized spacial score (nSPS) is 17.0. The summed E-state index contributed by atoms with van der Waals surface area (Å²) in [4.78, 5) is 8.54. The molecule has 1 aromatic rings. The molecule has 0 aliphatic carbocycles. The Kier molecular flexibility index (Phi) is 10.9. The van der Waals surface area contributed by atoms with Crippen molar-refractivity contribution in [3.05, 3.63) is 22.4 Å². The van der Waals surface area contributed by atoms with Crippen molar-refractivity contribution in [2.75, 3.05) is 26.2 Å². The lowest BCUT2D eigenvalue weighted by Crippen LogP contribution is -2.34. The molecule has 0 amide bonds. The van der Waals surface area contributed by atoms with Crippen LogP contribution in [0.4, 0.5) is 0 Å².